The zero-order chi connectivity index (χ0) is 26.9. The second kappa shape index (κ2) is 13.5. The first-order valence-corrected chi connectivity index (χ1v) is 13.5. The van der Waals surface area contributed by atoms with Crippen molar-refractivity contribution in [1.82, 2.24) is 10.3 Å². The molecular weight excluding hydrogens is 504 g/mol. The summed E-state index contributed by atoms with van der Waals surface area (Å²) in [6.07, 6.45) is 0.654. The SMILES string of the molecule is C[C@H]1[C@@H](CSc2ccccn2)O[C@@H](c2ccc(CNC(=O)CCC(=O)O)cc2)O[C@H]1c1ccc(CO)cc1. The van der Waals surface area contributed by atoms with Gasteiger partial charge in [-0.3, -0.25) is 9.59 Å². The highest BCUT2D eigenvalue weighted by atomic mass is 32.2. The maximum atomic E-state index is 11.8. The number of nitrogens with one attached hydrogen (secondary N) is 1. The van der Waals surface area contributed by atoms with Gasteiger partial charge < -0.3 is 25.0 Å². The number of thioether (sulfide) groups is 1. The number of carbonyl (C=O) groups excluding carboxylic acids is 1. The lowest BCUT2D eigenvalue weighted by Gasteiger charge is -2.41. The van der Waals surface area contributed by atoms with Crippen LogP contribution in [-0.2, 0) is 32.2 Å². The molecule has 1 saturated heterocycles. The monoisotopic (exact) mass is 536 g/mol. The molecule has 0 radical (unpaired) electrons. The zero-order valence-electron chi connectivity index (χ0n) is 21.2. The maximum absolute atomic E-state index is 11.8. The van der Waals surface area contributed by atoms with Gasteiger partial charge in [0.2, 0.25) is 5.91 Å². The van der Waals surface area contributed by atoms with Gasteiger partial charge in [0, 0.05) is 36.4 Å². The van der Waals surface area contributed by atoms with Crippen LogP contribution in [0.4, 0.5) is 0 Å². The summed E-state index contributed by atoms with van der Waals surface area (Å²) in [5, 5.41) is 21.8. The lowest BCUT2D eigenvalue weighted by molar-refractivity contribution is -0.268. The summed E-state index contributed by atoms with van der Waals surface area (Å²) in [4.78, 5) is 26.9. The third-order valence-corrected chi connectivity index (χ3v) is 7.50. The minimum absolute atomic E-state index is 0.0111. The van der Waals surface area contributed by atoms with E-state index in [0.717, 1.165) is 27.3 Å². The Bertz CT molecular complexity index is 1190. The fourth-order valence-electron chi connectivity index (χ4n) is 4.21. The molecule has 2 aromatic carbocycles. The number of aromatic nitrogens is 1. The number of aliphatic hydroxyl groups excluding tert-OH is 1. The number of benzene rings is 2. The summed E-state index contributed by atoms with van der Waals surface area (Å²) < 4.78 is 12.9. The van der Waals surface area contributed by atoms with Crippen molar-refractivity contribution in [2.45, 2.75) is 56.4 Å². The van der Waals surface area contributed by atoms with E-state index in [1.165, 1.54) is 0 Å². The standard InChI is InChI=1S/C29H32N2O6S/c1-19-24(18-38-26-4-2-3-15-30-26)36-29(37-28(19)22-9-7-21(17-32)8-10-22)23-11-5-20(6-12-23)16-31-25(33)13-14-27(34)35/h2-12,15,19,24,28-29,32H,13-14,16-18H2,1H3,(H,31,33)(H,34,35)/t19-,24+,28+,29+/m0/s1. The molecule has 1 fully saturated rings. The normalized spacial score (nSPS) is 21.1. The van der Waals surface area contributed by atoms with Crippen molar-refractivity contribution in [3.8, 4) is 0 Å². The van der Waals surface area contributed by atoms with Crippen molar-refractivity contribution in [3.05, 3.63) is 95.2 Å². The number of aliphatic hydroxyl groups is 1. The zero-order valence-corrected chi connectivity index (χ0v) is 22.0. The van der Waals surface area contributed by atoms with Crippen molar-refractivity contribution < 1.29 is 29.3 Å². The van der Waals surface area contributed by atoms with Crippen LogP contribution in [0.5, 0.6) is 0 Å². The Kier molecular flexibility index (Phi) is 9.89. The van der Waals surface area contributed by atoms with Crippen LogP contribution in [-0.4, -0.2) is 38.9 Å². The Morgan fingerprint density at radius 3 is 2.32 bits per heavy atom. The Morgan fingerprint density at radius 2 is 1.66 bits per heavy atom. The summed E-state index contributed by atoms with van der Waals surface area (Å²) in [6, 6.07) is 21.3. The molecule has 1 aromatic heterocycles. The summed E-state index contributed by atoms with van der Waals surface area (Å²) in [6.45, 7) is 2.43. The molecule has 1 amide bonds. The average Bonchev–Trinajstić information content (AvgIpc) is 2.95. The van der Waals surface area contributed by atoms with Gasteiger partial charge >= 0.3 is 5.97 Å². The summed E-state index contributed by atoms with van der Waals surface area (Å²) in [5.41, 5.74) is 3.62. The molecule has 4 atom stereocenters. The minimum atomic E-state index is -0.995. The average molecular weight is 537 g/mol. The largest absolute Gasteiger partial charge is 0.481 e. The number of amides is 1. The number of hydrogen-bond donors (Lipinski definition) is 3. The third-order valence-electron chi connectivity index (χ3n) is 6.46. The Labute approximate surface area is 226 Å². The second-order valence-electron chi connectivity index (χ2n) is 9.21. The van der Waals surface area contributed by atoms with Crippen LogP contribution in [0.1, 0.15) is 54.4 Å². The molecule has 3 aromatic rings. The molecule has 0 bridgehead atoms. The fourth-order valence-corrected chi connectivity index (χ4v) is 5.24. The van der Waals surface area contributed by atoms with Crippen molar-refractivity contribution in [2.24, 2.45) is 5.92 Å². The van der Waals surface area contributed by atoms with E-state index in [4.69, 9.17) is 14.6 Å². The number of aliphatic carboxylic acids is 1. The molecule has 1 aliphatic heterocycles. The van der Waals surface area contributed by atoms with Crippen molar-refractivity contribution in [2.75, 3.05) is 5.75 Å². The Balaban J connectivity index is 1.47. The van der Waals surface area contributed by atoms with Crippen LogP contribution >= 0.6 is 11.8 Å². The van der Waals surface area contributed by atoms with E-state index in [1.807, 2.05) is 66.7 Å². The molecule has 0 unspecified atom stereocenters. The predicted octanol–water partition coefficient (Wildman–Crippen LogP) is 4.64. The quantitative estimate of drug-likeness (QED) is 0.304. The van der Waals surface area contributed by atoms with Crippen molar-refractivity contribution in [3.63, 3.8) is 0 Å². The lowest BCUT2D eigenvalue weighted by Crippen LogP contribution is -2.38. The molecule has 0 spiro atoms. The van der Waals surface area contributed by atoms with Gasteiger partial charge in [0.25, 0.3) is 0 Å². The smallest absolute Gasteiger partial charge is 0.303 e. The molecule has 38 heavy (non-hydrogen) atoms. The van der Waals surface area contributed by atoms with Crippen LogP contribution in [0.15, 0.2) is 78.0 Å². The van der Waals surface area contributed by atoms with Gasteiger partial charge in [0.15, 0.2) is 6.29 Å². The first-order valence-electron chi connectivity index (χ1n) is 12.5. The van der Waals surface area contributed by atoms with Gasteiger partial charge in [0.1, 0.15) is 0 Å². The van der Waals surface area contributed by atoms with E-state index < -0.39 is 12.3 Å². The van der Waals surface area contributed by atoms with Gasteiger partial charge in [-0.25, -0.2) is 4.98 Å². The summed E-state index contributed by atoms with van der Waals surface area (Å²) in [7, 11) is 0. The molecule has 4 rings (SSSR count). The number of hydrogen-bond acceptors (Lipinski definition) is 7. The van der Waals surface area contributed by atoms with E-state index in [-0.39, 0.29) is 43.5 Å². The van der Waals surface area contributed by atoms with Crippen LogP contribution < -0.4 is 5.32 Å². The highest BCUT2D eigenvalue weighted by Gasteiger charge is 2.38. The predicted molar refractivity (Wildman–Crippen MR) is 143 cm³/mol. The fraction of sp³-hybridized carbons (Fsp3) is 0.345. The molecule has 9 heteroatoms. The van der Waals surface area contributed by atoms with Crippen LogP contribution in [0.25, 0.3) is 0 Å². The second-order valence-corrected chi connectivity index (χ2v) is 10.3. The molecule has 1 aliphatic rings. The van der Waals surface area contributed by atoms with E-state index in [2.05, 4.69) is 17.2 Å². The molecule has 2 heterocycles. The number of rotatable bonds is 11. The molecule has 200 valence electrons. The van der Waals surface area contributed by atoms with Crippen LogP contribution in [0.3, 0.4) is 0 Å². The lowest BCUT2D eigenvalue weighted by atomic mass is 9.91. The molecule has 8 nitrogen and oxygen atoms in total. The summed E-state index contributed by atoms with van der Waals surface area (Å²) in [5.74, 6) is -0.509. The molecule has 3 N–H and O–H groups in total. The topological polar surface area (TPSA) is 118 Å². The number of nitrogens with zero attached hydrogens (tertiary/aromatic N) is 1. The van der Waals surface area contributed by atoms with E-state index in [1.54, 1.807) is 18.0 Å². The van der Waals surface area contributed by atoms with Gasteiger partial charge in [0.05, 0.1) is 30.3 Å². The number of carboxylic acid groups (broad SMARTS) is 1. The number of ether oxygens (including phenoxy) is 2. The Hall–Kier alpha value is -3.24. The van der Waals surface area contributed by atoms with Crippen LogP contribution in [0, 0.1) is 5.92 Å². The minimum Gasteiger partial charge on any atom is -0.481 e. The van der Waals surface area contributed by atoms with E-state index in [9.17, 15) is 14.7 Å². The first kappa shape index (κ1) is 27.8. The van der Waals surface area contributed by atoms with Gasteiger partial charge in [-0.1, -0.05) is 61.5 Å². The summed E-state index contributed by atoms with van der Waals surface area (Å²) >= 11 is 1.65. The third kappa shape index (κ3) is 7.64. The Morgan fingerprint density at radius 1 is 0.947 bits per heavy atom. The molecular formula is C29H32N2O6S. The van der Waals surface area contributed by atoms with Crippen molar-refractivity contribution >= 4 is 23.6 Å². The molecule has 0 aliphatic carbocycles. The van der Waals surface area contributed by atoms with Gasteiger partial charge in [-0.15, -0.1) is 11.8 Å². The van der Waals surface area contributed by atoms with Crippen LogP contribution in [0.2, 0.25) is 0 Å². The number of pyridine rings is 1. The van der Waals surface area contributed by atoms with Gasteiger partial charge in [-0.05, 0) is 28.8 Å². The van der Waals surface area contributed by atoms with Crippen molar-refractivity contribution in [1.29, 1.82) is 0 Å². The van der Waals surface area contributed by atoms with Gasteiger partial charge in [-0.2, -0.15) is 0 Å². The molecule has 0 saturated carbocycles. The number of carbonyl (C=O) groups is 2. The highest BCUT2D eigenvalue weighted by Crippen LogP contribution is 2.42. The first-order chi connectivity index (χ1) is 18.4. The van der Waals surface area contributed by atoms with E-state index in [0.29, 0.717) is 12.3 Å². The highest BCUT2D eigenvalue weighted by molar-refractivity contribution is 7.99. The van der Waals surface area contributed by atoms with E-state index >= 15 is 0 Å². The number of carboxylic acids is 1. The maximum Gasteiger partial charge on any atom is 0.303 e.